The molecular weight excluding hydrogens is 354 g/mol. The Morgan fingerprint density at radius 2 is 1.92 bits per heavy atom. The fourth-order valence-electron chi connectivity index (χ4n) is 3.31. The van der Waals surface area contributed by atoms with E-state index in [1.165, 1.54) is 10.5 Å². The molecule has 0 radical (unpaired) electrons. The largest absolute Gasteiger partial charge is 0.454 e. The van der Waals surface area contributed by atoms with Crippen LogP contribution < -0.4 is 19.7 Å². The number of hydrogen-bond acceptors (Lipinski definition) is 3. The fraction of sp³-hybridized carbons (Fsp3) is 0.316. The average Bonchev–Trinajstić information content (AvgIpc) is 3.10. The average molecular weight is 375 g/mol. The molecule has 1 fully saturated rings. The number of nitrogens with one attached hydrogen (secondary N) is 2. The van der Waals surface area contributed by atoms with Crippen molar-refractivity contribution in [3.05, 3.63) is 53.1 Å². The summed E-state index contributed by atoms with van der Waals surface area (Å²) in [5.41, 5.74) is 1.94. The zero-order valence-corrected chi connectivity index (χ0v) is 15.1. The third kappa shape index (κ3) is 3.86. The lowest BCUT2D eigenvalue weighted by atomic mass is 10.1. The van der Waals surface area contributed by atoms with Crippen molar-refractivity contribution in [1.82, 2.24) is 4.90 Å². The Balaban J connectivity index is 1.29. The second-order valence-electron chi connectivity index (χ2n) is 6.54. The Labute approximate surface area is 157 Å². The summed E-state index contributed by atoms with van der Waals surface area (Å²) < 4.78 is 10.8. The number of halogens is 1. The monoisotopic (exact) mass is 374 g/mol. The predicted molar refractivity (Wildman–Crippen MR) is 99.0 cm³/mol. The van der Waals surface area contributed by atoms with E-state index in [1.54, 1.807) is 12.1 Å². The minimum Gasteiger partial charge on any atom is -0.454 e. The molecule has 0 aromatic heterocycles. The lowest BCUT2D eigenvalue weighted by Crippen LogP contribution is -3.13. The van der Waals surface area contributed by atoms with E-state index < -0.39 is 0 Å². The maximum Gasteiger partial charge on any atom is 0.322 e. The number of fused-ring (bicyclic) bond motifs is 1. The van der Waals surface area contributed by atoms with Gasteiger partial charge < -0.3 is 24.6 Å². The molecule has 0 spiro atoms. The zero-order valence-electron chi connectivity index (χ0n) is 14.3. The maximum atomic E-state index is 12.4. The molecule has 0 aliphatic carbocycles. The summed E-state index contributed by atoms with van der Waals surface area (Å²) in [6.07, 6.45) is 0. The first kappa shape index (κ1) is 17.0. The molecule has 0 saturated carbocycles. The van der Waals surface area contributed by atoms with Crippen molar-refractivity contribution in [2.75, 3.05) is 38.3 Å². The van der Waals surface area contributed by atoms with E-state index in [1.807, 2.05) is 29.2 Å². The molecule has 2 aromatic carbocycles. The number of ether oxygens (including phenoxy) is 2. The summed E-state index contributed by atoms with van der Waals surface area (Å²) in [4.78, 5) is 15.7. The van der Waals surface area contributed by atoms with Crippen molar-refractivity contribution >= 4 is 23.3 Å². The molecule has 0 unspecified atom stereocenters. The highest BCUT2D eigenvalue weighted by Crippen LogP contribution is 2.32. The lowest BCUT2D eigenvalue weighted by Gasteiger charge is -2.32. The van der Waals surface area contributed by atoms with Crippen LogP contribution in [0.5, 0.6) is 11.5 Å². The van der Waals surface area contributed by atoms with Gasteiger partial charge in [-0.05, 0) is 36.4 Å². The van der Waals surface area contributed by atoms with Crippen LogP contribution in [0.1, 0.15) is 5.56 Å². The molecular formula is C19H21ClN3O3+. The molecule has 2 heterocycles. The summed E-state index contributed by atoms with van der Waals surface area (Å²) in [6, 6.07) is 13.2. The van der Waals surface area contributed by atoms with E-state index in [-0.39, 0.29) is 6.03 Å². The molecule has 6 nitrogen and oxygen atoms in total. The molecule has 2 N–H and O–H groups in total. The van der Waals surface area contributed by atoms with Gasteiger partial charge >= 0.3 is 6.03 Å². The Morgan fingerprint density at radius 1 is 1.12 bits per heavy atom. The highest BCUT2D eigenvalue weighted by Gasteiger charge is 2.24. The van der Waals surface area contributed by atoms with Crippen molar-refractivity contribution in [2.45, 2.75) is 6.54 Å². The SMILES string of the molecule is O=C(Nc1cccc(Cl)c1)N1CC[NH+](Cc2ccc3c(c2)OCO3)CC1. The van der Waals surface area contributed by atoms with E-state index in [0.29, 0.717) is 11.8 Å². The van der Waals surface area contributed by atoms with Gasteiger partial charge in [0.2, 0.25) is 6.79 Å². The van der Waals surface area contributed by atoms with Crippen LogP contribution in [0.3, 0.4) is 0 Å². The number of amides is 2. The van der Waals surface area contributed by atoms with Gasteiger partial charge in [-0.1, -0.05) is 17.7 Å². The number of urea groups is 1. The van der Waals surface area contributed by atoms with Crippen LogP contribution in [0.2, 0.25) is 5.02 Å². The van der Waals surface area contributed by atoms with Gasteiger partial charge in [-0.15, -0.1) is 0 Å². The minimum absolute atomic E-state index is 0.0746. The summed E-state index contributed by atoms with van der Waals surface area (Å²) in [5, 5.41) is 3.52. The summed E-state index contributed by atoms with van der Waals surface area (Å²) in [5.74, 6) is 1.63. The summed E-state index contributed by atoms with van der Waals surface area (Å²) >= 11 is 5.96. The number of quaternary nitrogens is 1. The molecule has 26 heavy (non-hydrogen) atoms. The van der Waals surface area contributed by atoms with Crippen molar-refractivity contribution in [3.8, 4) is 11.5 Å². The number of piperazine rings is 1. The lowest BCUT2D eigenvalue weighted by molar-refractivity contribution is -0.917. The summed E-state index contributed by atoms with van der Waals surface area (Å²) in [7, 11) is 0. The topological polar surface area (TPSA) is 55.2 Å². The quantitative estimate of drug-likeness (QED) is 0.864. The highest BCUT2D eigenvalue weighted by atomic mass is 35.5. The second-order valence-corrected chi connectivity index (χ2v) is 6.98. The molecule has 2 amide bonds. The van der Waals surface area contributed by atoms with Gasteiger partial charge in [0.1, 0.15) is 6.54 Å². The van der Waals surface area contributed by atoms with Gasteiger partial charge in [-0.2, -0.15) is 0 Å². The molecule has 0 atom stereocenters. The Hall–Kier alpha value is -2.44. The molecule has 7 heteroatoms. The van der Waals surface area contributed by atoms with E-state index in [4.69, 9.17) is 21.1 Å². The van der Waals surface area contributed by atoms with Crippen molar-refractivity contribution in [1.29, 1.82) is 0 Å². The number of carbonyl (C=O) groups excluding carboxylic acids is 1. The van der Waals surface area contributed by atoms with Crippen molar-refractivity contribution in [3.63, 3.8) is 0 Å². The highest BCUT2D eigenvalue weighted by molar-refractivity contribution is 6.30. The van der Waals surface area contributed by atoms with Crippen LogP contribution >= 0.6 is 11.6 Å². The van der Waals surface area contributed by atoms with Gasteiger partial charge in [0.25, 0.3) is 0 Å². The smallest absolute Gasteiger partial charge is 0.322 e. The molecule has 2 aliphatic heterocycles. The number of benzene rings is 2. The Bertz CT molecular complexity index is 806. The minimum atomic E-state index is -0.0746. The van der Waals surface area contributed by atoms with Crippen LogP contribution in [0, 0.1) is 0 Å². The number of nitrogens with zero attached hydrogens (tertiary/aromatic N) is 1. The van der Waals surface area contributed by atoms with Crippen LogP contribution in [-0.4, -0.2) is 43.9 Å². The Kier molecular flexibility index (Phi) is 4.86. The number of hydrogen-bond donors (Lipinski definition) is 2. The van der Waals surface area contributed by atoms with Gasteiger partial charge in [-0.3, -0.25) is 0 Å². The summed E-state index contributed by atoms with van der Waals surface area (Å²) in [6.45, 7) is 4.50. The van der Waals surface area contributed by atoms with E-state index >= 15 is 0 Å². The molecule has 4 rings (SSSR count). The standard InChI is InChI=1S/C19H20ClN3O3/c20-15-2-1-3-16(11-15)21-19(24)23-8-6-22(7-9-23)12-14-4-5-17-18(10-14)26-13-25-17/h1-5,10-11H,6-9,12-13H2,(H,21,24)/p+1. The molecule has 1 saturated heterocycles. The Morgan fingerprint density at radius 3 is 2.73 bits per heavy atom. The van der Waals surface area contributed by atoms with Crippen molar-refractivity contribution in [2.24, 2.45) is 0 Å². The van der Waals surface area contributed by atoms with Gasteiger partial charge in [0, 0.05) is 16.3 Å². The van der Waals surface area contributed by atoms with Crippen LogP contribution in [-0.2, 0) is 6.54 Å². The predicted octanol–water partition coefficient (Wildman–Crippen LogP) is 2.00. The first-order valence-corrected chi connectivity index (χ1v) is 9.09. The van der Waals surface area contributed by atoms with Crippen LogP contribution in [0.4, 0.5) is 10.5 Å². The number of carbonyl (C=O) groups is 1. The fourth-order valence-corrected chi connectivity index (χ4v) is 3.50. The third-order valence-corrected chi connectivity index (χ3v) is 4.96. The number of rotatable bonds is 3. The first-order valence-electron chi connectivity index (χ1n) is 8.71. The van der Waals surface area contributed by atoms with Gasteiger partial charge in [-0.25, -0.2) is 4.79 Å². The third-order valence-electron chi connectivity index (χ3n) is 4.72. The second kappa shape index (κ2) is 7.43. The molecule has 2 aliphatic rings. The van der Waals surface area contributed by atoms with E-state index in [9.17, 15) is 4.79 Å². The van der Waals surface area contributed by atoms with Crippen molar-refractivity contribution < 1.29 is 19.2 Å². The van der Waals surface area contributed by atoms with Crippen LogP contribution in [0.15, 0.2) is 42.5 Å². The van der Waals surface area contributed by atoms with E-state index in [0.717, 1.165) is 49.9 Å². The van der Waals surface area contributed by atoms with E-state index in [2.05, 4.69) is 11.4 Å². The van der Waals surface area contributed by atoms with Gasteiger partial charge in [0.05, 0.1) is 26.2 Å². The molecule has 2 aromatic rings. The zero-order chi connectivity index (χ0) is 17.9. The normalized spacial score (nSPS) is 16.6. The molecule has 0 bridgehead atoms. The van der Waals surface area contributed by atoms with Gasteiger partial charge in [0.15, 0.2) is 11.5 Å². The first-order chi connectivity index (χ1) is 12.7. The van der Waals surface area contributed by atoms with Crippen LogP contribution in [0.25, 0.3) is 0 Å². The number of anilines is 1. The molecule has 136 valence electrons. The maximum absolute atomic E-state index is 12.4.